The maximum absolute atomic E-state index is 5.50. The molecule has 0 amide bonds. The zero-order valence-corrected chi connectivity index (χ0v) is 7.77. The van der Waals surface area contributed by atoms with Gasteiger partial charge in [-0.1, -0.05) is 0 Å². The summed E-state index contributed by atoms with van der Waals surface area (Å²) in [5, 5.41) is 3.44. The summed E-state index contributed by atoms with van der Waals surface area (Å²) in [5.74, 6) is 0. The van der Waals surface area contributed by atoms with Crippen molar-refractivity contribution in [2.24, 2.45) is 5.41 Å². The van der Waals surface area contributed by atoms with Crippen LogP contribution in [0.25, 0.3) is 0 Å². The molecule has 2 rings (SSSR count). The van der Waals surface area contributed by atoms with Gasteiger partial charge in [-0.05, 0) is 50.6 Å². The van der Waals surface area contributed by atoms with Crippen molar-refractivity contribution < 1.29 is 4.74 Å². The largest absolute Gasteiger partial charge is 0.381 e. The number of hydrogen-bond donors (Lipinski definition) is 1. The lowest BCUT2D eigenvalue weighted by atomic mass is 9.73. The van der Waals surface area contributed by atoms with E-state index in [-0.39, 0.29) is 0 Å². The van der Waals surface area contributed by atoms with E-state index >= 15 is 0 Å². The van der Waals surface area contributed by atoms with E-state index in [0.717, 1.165) is 13.2 Å². The first-order chi connectivity index (χ1) is 5.91. The zero-order valence-electron chi connectivity index (χ0n) is 7.77. The average Bonchev–Trinajstić information content (AvgIpc) is 2.33. The summed E-state index contributed by atoms with van der Waals surface area (Å²) in [6, 6.07) is 0. The molecule has 12 heavy (non-hydrogen) atoms. The third kappa shape index (κ3) is 1.80. The van der Waals surface area contributed by atoms with E-state index in [0.29, 0.717) is 5.41 Å². The highest BCUT2D eigenvalue weighted by Gasteiger charge is 2.32. The van der Waals surface area contributed by atoms with Crippen molar-refractivity contribution >= 4 is 0 Å². The Morgan fingerprint density at radius 1 is 0.917 bits per heavy atom. The molecule has 0 atom stereocenters. The van der Waals surface area contributed by atoms with Crippen molar-refractivity contribution in [3.63, 3.8) is 0 Å². The molecule has 0 radical (unpaired) electrons. The van der Waals surface area contributed by atoms with Crippen LogP contribution in [0, 0.1) is 5.41 Å². The molecule has 0 aromatic rings. The fourth-order valence-corrected chi connectivity index (χ4v) is 2.52. The highest BCUT2D eigenvalue weighted by molar-refractivity contribution is 4.85. The van der Waals surface area contributed by atoms with Crippen molar-refractivity contribution in [3.05, 3.63) is 0 Å². The second-order valence-electron chi connectivity index (χ2n) is 4.22. The van der Waals surface area contributed by atoms with Gasteiger partial charge >= 0.3 is 0 Å². The number of hydrogen-bond acceptors (Lipinski definition) is 2. The van der Waals surface area contributed by atoms with E-state index in [1.807, 2.05) is 0 Å². The normalized spacial score (nSPS) is 30.0. The number of rotatable bonds is 0. The van der Waals surface area contributed by atoms with E-state index < -0.39 is 0 Å². The van der Waals surface area contributed by atoms with E-state index in [2.05, 4.69) is 5.32 Å². The molecule has 2 heteroatoms. The summed E-state index contributed by atoms with van der Waals surface area (Å²) >= 11 is 0. The number of nitrogens with one attached hydrogen (secondary N) is 1. The molecule has 0 unspecified atom stereocenters. The Balaban J connectivity index is 1.95. The van der Waals surface area contributed by atoms with Gasteiger partial charge in [0.15, 0.2) is 0 Å². The van der Waals surface area contributed by atoms with E-state index in [9.17, 15) is 0 Å². The zero-order chi connectivity index (χ0) is 8.28. The van der Waals surface area contributed by atoms with Crippen LogP contribution in [0.2, 0.25) is 0 Å². The smallest absolute Gasteiger partial charge is 0.0471 e. The van der Waals surface area contributed by atoms with Crippen LogP contribution in [-0.2, 0) is 4.74 Å². The van der Waals surface area contributed by atoms with Crippen molar-refractivity contribution in [1.82, 2.24) is 5.32 Å². The minimum atomic E-state index is 0.655. The van der Waals surface area contributed by atoms with Crippen LogP contribution in [0.15, 0.2) is 0 Å². The van der Waals surface area contributed by atoms with E-state index in [1.54, 1.807) is 0 Å². The van der Waals surface area contributed by atoms with Crippen LogP contribution in [0.4, 0.5) is 0 Å². The van der Waals surface area contributed by atoms with E-state index in [4.69, 9.17) is 4.74 Å². The van der Waals surface area contributed by atoms with Crippen LogP contribution >= 0.6 is 0 Å². The quantitative estimate of drug-likeness (QED) is 0.594. The number of ether oxygens (including phenoxy) is 1. The standard InChI is InChI=1S/C10H19NO/c1-2-10(5-9-12-8-1)3-6-11-7-4-10/h11H,1-9H2. The molecule has 0 aromatic heterocycles. The average molecular weight is 169 g/mol. The van der Waals surface area contributed by atoms with Gasteiger partial charge in [0, 0.05) is 13.2 Å². The predicted octanol–water partition coefficient (Wildman–Crippen LogP) is 1.56. The molecular formula is C10H19NO. The molecule has 2 aliphatic rings. The Kier molecular flexibility index (Phi) is 2.66. The minimum absolute atomic E-state index is 0.655. The molecule has 2 heterocycles. The van der Waals surface area contributed by atoms with Crippen LogP contribution in [-0.4, -0.2) is 26.3 Å². The van der Waals surface area contributed by atoms with Crippen molar-refractivity contribution in [1.29, 1.82) is 0 Å². The molecule has 2 saturated heterocycles. The lowest BCUT2D eigenvalue weighted by Gasteiger charge is -2.36. The molecule has 2 nitrogen and oxygen atoms in total. The predicted molar refractivity (Wildman–Crippen MR) is 49.2 cm³/mol. The highest BCUT2D eigenvalue weighted by Crippen LogP contribution is 2.38. The molecule has 0 saturated carbocycles. The summed E-state index contributed by atoms with van der Waals surface area (Å²) in [5.41, 5.74) is 0.655. The Labute approximate surface area is 74.7 Å². The highest BCUT2D eigenvalue weighted by atomic mass is 16.5. The van der Waals surface area contributed by atoms with Crippen LogP contribution in [0.1, 0.15) is 32.1 Å². The first kappa shape index (κ1) is 8.52. The molecule has 0 bridgehead atoms. The maximum atomic E-state index is 5.50. The van der Waals surface area contributed by atoms with Gasteiger partial charge in [0.25, 0.3) is 0 Å². The van der Waals surface area contributed by atoms with Gasteiger partial charge in [0.05, 0.1) is 0 Å². The maximum Gasteiger partial charge on any atom is 0.0471 e. The third-order valence-corrected chi connectivity index (χ3v) is 3.44. The molecule has 2 aliphatic heterocycles. The summed E-state index contributed by atoms with van der Waals surface area (Å²) in [4.78, 5) is 0. The summed E-state index contributed by atoms with van der Waals surface area (Å²) in [6.07, 6.45) is 6.72. The summed E-state index contributed by atoms with van der Waals surface area (Å²) in [7, 11) is 0. The Hall–Kier alpha value is -0.0800. The summed E-state index contributed by atoms with van der Waals surface area (Å²) in [6.45, 7) is 4.44. The van der Waals surface area contributed by atoms with Gasteiger partial charge in [-0.3, -0.25) is 0 Å². The second kappa shape index (κ2) is 3.75. The topological polar surface area (TPSA) is 21.3 Å². The Morgan fingerprint density at radius 2 is 1.75 bits per heavy atom. The second-order valence-corrected chi connectivity index (χ2v) is 4.22. The Bertz CT molecular complexity index is 131. The van der Waals surface area contributed by atoms with Crippen LogP contribution in [0.5, 0.6) is 0 Å². The lowest BCUT2D eigenvalue weighted by Crippen LogP contribution is -2.36. The molecule has 2 fully saturated rings. The van der Waals surface area contributed by atoms with Gasteiger partial charge in [-0.2, -0.15) is 0 Å². The van der Waals surface area contributed by atoms with Gasteiger partial charge in [-0.25, -0.2) is 0 Å². The van der Waals surface area contributed by atoms with E-state index in [1.165, 1.54) is 45.2 Å². The molecule has 0 aliphatic carbocycles. The third-order valence-electron chi connectivity index (χ3n) is 3.44. The fraction of sp³-hybridized carbons (Fsp3) is 1.00. The molecule has 1 spiro atoms. The van der Waals surface area contributed by atoms with Crippen LogP contribution in [0.3, 0.4) is 0 Å². The SMILES string of the molecule is C1COCCC2(C1)CCNCC2. The van der Waals surface area contributed by atoms with Crippen molar-refractivity contribution in [2.75, 3.05) is 26.3 Å². The first-order valence-corrected chi connectivity index (χ1v) is 5.20. The van der Waals surface area contributed by atoms with Crippen molar-refractivity contribution in [3.8, 4) is 0 Å². The lowest BCUT2D eigenvalue weighted by molar-refractivity contribution is 0.118. The Morgan fingerprint density at radius 3 is 2.58 bits per heavy atom. The first-order valence-electron chi connectivity index (χ1n) is 5.20. The van der Waals surface area contributed by atoms with Gasteiger partial charge in [0.1, 0.15) is 0 Å². The molecule has 1 N–H and O–H groups in total. The van der Waals surface area contributed by atoms with Gasteiger partial charge < -0.3 is 10.1 Å². The van der Waals surface area contributed by atoms with Gasteiger partial charge in [-0.15, -0.1) is 0 Å². The number of piperidine rings is 1. The fourth-order valence-electron chi connectivity index (χ4n) is 2.52. The summed E-state index contributed by atoms with van der Waals surface area (Å²) < 4.78 is 5.50. The molecule has 70 valence electrons. The van der Waals surface area contributed by atoms with Crippen LogP contribution < -0.4 is 5.32 Å². The van der Waals surface area contributed by atoms with Gasteiger partial charge in [0.2, 0.25) is 0 Å². The van der Waals surface area contributed by atoms with Crippen molar-refractivity contribution in [2.45, 2.75) is 32.1 Å². The monoisotopic (exact) mass is 169 g/mol. The minimum Gasteiger partial charge on any atom is -0.381 e. The molecule has 0 aromatic carbocycles. The molecular weight excluding hydrogens is 150 g/mol.